The first kappa shape index (κ1) is 22.4. The van der Waals surface area contributed by atoms with Crippen LogP contribution in [0.25, 0.3) is 22.4 Å². The summed E-state index contributed by atoms with van der Waals surface area (Å²) >= 11 is 12.8. The fourth-order valence-electron chi connectivity index (χ4n) is 3.54. The third-order valence-corrected chi connectivity index (χ3v) is 5.88. The molecule has 4 aromatic rings. The third kappa shape index (κ3) is 4.68. The Morgan fingerprint density at radius 2 is 1.50 bits per heavy atom. The van der Waals surface area contributed by atoms with E-state index >= 15 is 0 Å². The molecule has 164 valence electrons. The van der Waals surface area contributed by atoms with Crippen molar-refractivity contribution in [3.8, 4) is 28.1 Å². The van der Waals surface area contributed by atoms with Crippen LogP contribution in [0, 0.1) is 0 Å². The molecule has 0 bridgehead atoms. The highest BCUT2D eigenvalue weighted by Gasteiger charge is 2.23. The molecule has 0 unspecified atom stereocenters. The second kappa shape index (κ2) is 9.78. The molecule has 0 spiro atoms. The molecule has 0 aliphatic carbocycles. The van der Waals surface area contributed by atoms with Gasteiger partial charge >= 0.3 is 0 Å². The summed E-state index contributed by atoms with van der Waals surface area (Å²) in [6.07, 6.45) is 0. The monoisotopic (exact) mass is 467 g/mol. The lowest BCUT2D eigenvalue weighted by Crippen LogP contribution is -2.01. The van der Waals surface area contributed by atoms with E-state index in [4.69, 9.17) is 32.5 Å². The average Bonchev–Trinajstić information content (AvgIpc) is 3.22. The molecule has 4 nitrogen and oxygen atoms in total. The maximum atomic E-state index is 9.21. The molecule has 0 saturated heterocycles. The summed E-state index contributed by atoms with van der Waals surface area (Å²) in [4.78, 5) is 0. The number of aromatic nitrogens is 1. The highest BCUT2D eigenvalue weighted by atomic mass is 35.5. The SMILES string of the molecule is CC(C)c1onc(-c2c(Cl)cccc2Cl)c1COc1ccc(-c2ccc(CO)cc2)cc1. The quantitative estimate of drug-likeness (QED) is 0.305. The van der Waals surface area contributed by atoms with Gasteiger partial charge in [-0.1, -0.05) is 84.7 Å². The molecule has 1 aromatic heterocycles. The average molecular weight is 468 g/mol. The smallest absolute Gasteiger partial charge is 0.146 e. The maximum Gasteiger partial charge on any atom is 0.146 e. The van der Waals surface area contributed by atoms with Crippen molar-refractivity contribution in [3.05, 3.63) is 93.7 Å². The van der Waals surface area contributed by atoms with Crippen molar-refractivity contribution in [2.24, 2.45) is 0 Å². The standard InChI is InChI=1S/C26H23Cl2NO3/c1-16(2)26-21(25(29-32-26)24-22(27)4-3-5-23(24)28)15-31-20-12-10-19(11-13-20)18-8-6-17(14-30)7-9-18/h3-13,16,30H,14-15H2,1-2H3. The van der Waals surface area contributed by atoms with E-state index in [9.17, 15) is 5.11 Å². The summed E-state index contributed by atoms with van der Waals surface area (Å²) in [5.41, 5.74) is 5.11. The van der Waals surface area contributed by atoms with Gasteiger partial charge in [-0.05, 0) is 41.0 Å². The number of nitrogens with zero attached hydrogens (tertiary/aromatic N) is 1. The Balaban J connectivity index is 1.57. The number of halogens is 2. The molecule has 0 atom stereocenters. The predicted octanol–water partition coefficient (Wildman–Crippen LogP) is 7.51. The highest BCUT2D eigenvalue weighted by molar-refractivity contribution is 6.39. The minimum absolute atomic E-state index is 0.0374. The van der Waals surface area contributed by atoms with Gasteiger partial charge < -0.3 is 14.4 Å². The van der Waals surface area contributed by atoms with Gasteiger partial charge in [-0.2, -0.15) is 0 Å². The minimum atomic E-state index is 0.0374. The lowest BCUT2D eigenvalue weighted by Gasteiger charge is -2.11. The van der Waals surface area contributed by atoms with E-state index in [1.807, 2.05) is 62.4 Å². The van der Waals surface area contributed by atoms with Crippen molar-refractivity contribution < 1.29 is 14.4 Å². The van der Waals surface area contributed by atoms with Crippen molar-refractivity contribution in [1.29, 1.82) is 0 Å². The predicted molar refractivity (Wildman–Crippen MR) is 128 cm³/mol. The van der Waals surface area contributed by atoms with E-state index in [0.717, 1.165) is 33.8 Å². The zero-order chi connectivity index (χ0) is 22.7. The highest BCUT2D eigenvalue weighted by Crippen LogP contribution is 2.38. The molecule has 0 aliphatic heterocycles. The van der Waals surface area contributed by atoms with Crippen molar-refractivity contribution in [3.63, 3.8) is 0 Å². The van der Waals surface area contributed by atoms with Gasteiger partial charge in [-0.25, -0.2) is 0 Å². The number of ether oxygens (including phenoxy) is 1. The van der Waals surface area contributed by atoms with Crippen LogP contribution in [0.1, 0.15) is 36.7 Å². The summed E-state index contributed by atoms with van der Waals surface area (Å²) in [6.45, 7) is 4.39. The number of aliphatic hydroxyl groups is 1. The molecule has 0 saturated carbocycles. The number of hydrogen-bond donors (Lipinski definition) is 1. The number of rotatable bonds is 7. The van der Waals surface area contributed by atoms with Crippen molar-refractivity contribution in [1.82, 2.24) is 5.16 Å². The molecule has 6 heteroatoms. The molecule has 3 aromatic carbocycles. The van der Waals surface area contributed by atoms with E-state index in [1.54, 1.807) is 18.2 Å². The lowest BCUT2D eigenvalue weighted by molar-refractivity contribution is 0.282. The molecule has 1 N–H and O–H groups in total. The van der Waals surface area contributed by atoms with Crippen LogP contribution in [0.2, 0.25) is 10.0 Å². The van der Waals surface area contributed by atoms with E-state index in [2.05, 4.69) is 5.16 Å². The normalized spacial score (nSPS) is 11.2. The summed E-state index contributed by atoms with van der Waals surface area (Å²) < 4.78 is 11.7. The second-order valence-corrected chi connectivity index (χ2v) is 8.61. The van der Waals surface area contributed by atoms with Crippen LogP contribution in [0.3, 0.4) is 0 Å². The van der Waals surface area contributed by atoms with Crippen molar-refractivity contribution in [2.75, 3.05) is 0 Å². The molecule has 0 radical (unpaired) electrons. The van der Waals surface area contributed by atoms with E-state index < -0.39 is 0 Å². The molecule has 4 rings (SSSR count). The molecular weight excluding hydrogens is 445 g/mol. The molecule has 0 aliphatic rings. The zero-order valence-electron chi connectivity index (χ0n) is 17.8. The number of aliphatic hydroxyl groups excluding tert-OH is 1. The first-order chi connectivity index (χ1) is 15.5. The second-order valence-electron chi connectivity index (χ2n) is 7.79. The molecule has 0 amide bonds. The lowest BCUT2D eigenvalue weighted by atomic mass is 10.0. The van der Waals surface area contributed by atoms with Crippen molar-refractivity contribution >= 4 is 23.2 Å². The van der Waals surface area contributed by atoms with Gasteiger partial charge in [0.05, 0.1) is 22.2 Å². The molecular formula is C26H23Cl2NO3. The minimum Gasteiger partial charge on any atom is -0.489 e. The summed E-state index contributed by atoms with van der Waals surface area (Å²) in [7, 11) is 0. The van der Waals surface area contributed by atoms with Crippen LogP contribution in [0.5, 0.6) is 5.75 Å². The van der Waals surface area contributed by atoms with Crippen LogP contribution in [0.15, 0.2) is 71.3 Å². The van der Waals surface area contributed by atoms with Gasteiger partial charge in [-0.3, -0.25) is 0 Å². The number of hydrogen-bond acceptors (Lipinski definition) is 4. The Hall–Kier alpha value is -2.79. The fourth-order valence-corrected chi connectivity index (χ4v) is 4.11. The van der Waals surface area contributed by atoms with Gasteiger partial charge in [0.25, 0.3) is 0 Å². The van der Waals surface area contributed by atoms with E-state index in [0.29, 0.717) is 21.3 Å². The topological polar surface area (TPSA) is 55.5 Å². The summed E-state index contributed by atoms with van der Waals surface area (Å²) in [5, 5.41) is 14.5. The first-order valence-electron chi connectivity index (χ1n) is 10.3. The largest absolute Gasteiger partial charge is 0.489 e. The van der Waals surface area contributed by atoms with Gasteiger partial charge in [0.15, 0.2) is 0 Å². The summed E-state index contributed by atoms with van der Waals surface area (Å²) in [5.74, 6) is 1.60. The van der Waals surface area contributed by atoms with Gasteiger partial charge in [0.1, 0.15) is 23.8 Å². The van der Waals surface area contributed by atoms with Crippen LogP contribution in [-0.4, -0.2) is 10.3 Å². The van der Waals surface area contributed by atoms with Gasteiger partial charge in [0, 0.05) is 11.5 Å². The van der Waals surface area contributed by atoms with Crippen LogP contribution < -0.4 is 4.74 Å². The van der Waals surface area contributed by atoms with E-state index in [-0.39, 0.29) is 19.1 Å². The van der Waals surface area contributed by atoms with Gasteiger partial charge in [0.2, 0.25) is 0 Å². The van der Waals surface area contributed by atoms with Crippen molar-refractivity contribution in [2.45, 2.75) is 33.0 Å². The Labute approximate surface area is 197 Å². The Kier molecular flexibility index (Phi) is 6.85. The molecule has 0 fully saturated rings. The Bertz CT molecular complexity index is 1180. The third-order valence-electron chi connectivity index (χ3n) is 5.25. The fraction of sp³-hybridized carbons (Fsp3) is 0.192. The maximum absolute atomic E-state index is 9.21. The van der Waals surface area contributed by atoms with Crippen LogP contribution >= 0.6 is 23.2 Å². The van der Waals surface area contributed by atoms with E-state index in [1.165, 1.54) is 0 Å². The van der Waals surface area contributed by atoms with Gasteiger partial charge in [-0.15, -0.1) is 0 Å². The van der Waals surface area contributed by atoms with Crippen LogP contribution in [-0.2, 0) is 13.2 Å². The number of benzene rings is 3. The Morgan fingerprint density at radius 3 is 2.06 bits per heavy atom. The molecule has 1 heterocycles. The zero-order valence-corrected chi connectivity index (χ0v) is 19.3. The summed E-state index contributed by atoms with van der Waals surface area (Å²) in [6, 6.07) is 21.1. The first-order valence-corrected chi connectivity index (χ1v) is 11.1. The Morgan fingerprint density at radius 1 is 0.906 bits per heavy atom. The molecule has 32 heavy (non-hydrogen) atoms. The van der Waals surface area contributed by atoms with Crippen LogP contribution in [0.4, 0.5) is 0 Å².